The quantitative estimate of drug-likeness (QED) is 0.356. The second-order valence-electron chi connectivity index (χ2n) is 5.85. The predicted octanol–water partition coefficient (Wildman–Crippen LogP) is 3.08. The van der Waals surface area contributed by atoms with Crippen LogP contribution in [0.5, 0.6) is 0 Å². The summed E-state index contributed by atoms with van der Waals surface area (Å²) in [6, 6.07) is 8.42. The van der Waals surface area contributed by atoms with Crippen molar-refractivity contribution in [1.82, 2.24) is 15.6 Å². The van der Waals surface area contributed by atoms with E-state index in [1.54, 1.807) is 7.11 Å². The number of ether oxygens (including phenoxy) is 1. The number of methoxy groups -OCH3 is 1. The van der Waals surface area contributed by atoms with Crippen LogP contribution in [-0.4, -0.2) is 44.3 Å². The first-order valence-corrected chi connectivity index (χ1v) is 8.91. The van der Waals surface area contributed by atoms with Crippen LogP contribution in [-0.2, 0) is 11.2 Å². The van der Waals surface area contributed by atoms with Crippen LogP contribution in [0.25, 0.3) is 10.9 Å². The molecule has 0 saturated heterocycles. The molecule has 3 N–H and O–H groups in total. The van der Waals surface area contributed by atoms with Crippen molar-refractivity contribution in [3.05, 3.63) is 36.0 Å². The first-order valence-electron chi connectivity index (χ1n) is 8.91. The lowest BCUT2D eigenvalue weighted by atomic mass is 10.1. The number of hydrogen-bond donors (Lipinski definition) is 3. The first kappa shape index (κ1) is 18.3. The zero-order valence-corrected chi connectivity index (χ0v) is 14.9. The van der Waals surface area contributed by atoms with Crippen molar-refractivity contribution in [2.75, 3.05) is 33.4 Å². The van der Waals surface area contributed by atoms with Gasteiger partial charge in [0, 0.05) is 50.5 Å². The molecule has 2 rings (SSSR count). The van der Waals surface area contributed by atoms with Crippen LogP contribution in [0, 0.1) is 0 Å². The summed E-state index contributed by atoms with van der Waals surface area (Å²) in [6.45, 7) is 5.54. The lowest BCUT2D eigenvalue weighted by Gasteiger charge is -2.11. The van der Waals surface area contributed by atoms with Gasteiger partial charge in [0.2, 0.25) is 0 Å². The number of unbranched alkanes of at least 4 members (excludes halogenated alkanes) is 2. The minimum atomic E-state index is 0.840. The molecule has 0 atom stereocenters. The van der Waals surface area contributed by atoms with E-state index in [1.807, 2.05) is 0 Å². The zero-order chi connectivity index (χ0) is 17.0. The van der Waals surface area contributed by atoms with Crippen molar-refractivity contribution in [2.45, 2.75) is 32.6 Å². The third-order valence-corrected chi connectivity index (χ3v) is 3.98. The Hall–Kier alpha value is -2.01. The van der Waals surface area contributed by atoms with Crippen LogP contribution in [0.2, 0.25) is 0 Å². The fourth-order valence-corrected chi connectivity index (χ4v) is 2.72. The summed E-state index contributed by atoms with van der Waals surface area (Å²) < 4.78 is 5.06. The Kier molecular flexibility index (Phi) is 8.18. The molecule has 5 nitrogen and oxygen atoms in total. The van der Waals surface area contributed by atoms with Crippen LogP contribution in [0.1, 0.15) is 31.7 Å². The molecule has 0 aliphatic carbocycles. The highest BCUT2D eigenvalue weighted by Gasteiger charge is 2.03. The van der Waals surface area contributed by atoms with E-state index in [4.69, 9.17) is 4.74 Å². The number of nitrogens with zero attached hydrogens (tertiary/aromatic N) is 1. The standard InChI is InChI=1S/C19H30N4O/c1-3-20-19(21-12-7-4-8-14-24-2)22-13-11-16-15-23-18-10-6-5-9-17(16)18/h5-6,9-10,15,23H,3-4,7-8,11-14H2,1-2H3,(H2,20,21,22). The molecule has 0 fully saturated rings. The second-order valence-corrected chi connectivity index (χ2v) is 5.85. The summed E-state index contributed by atoms with van der Waals surface area (Å²) in [5.74, 6) is 0.907. The number of rotatable bonds is 10. The van der Waals surface area contributed by atoms with E-state index in [0.717, 1.165) is 57.9 Å². The molecule has 0 aliphatic heterocycles. The Morgan fingerprint density at radius 3 is 2.88 bits per heavy atom. The van der Waals surface area contributed by atoms with E-state index in [2.05, 4.69) is 58.0 Å². The van der Waals surface area contributed by atoms with Crippen LogP contribution >= 0.6 is 0 Å². The lowest BCUT2D eigenvalue weighted by molar-refractivity contribution is 0.192. The fourth-order valence-electron chi connectivity index (χ4n) is 2.72. The normalized spacial score (nSPS) is 11.8. The molecule has 1 aromatic carbocycles. The van der Waals surface area contributed by atoms with Gasteiger partial charge in [0.25, 0.3) is 0 Å². The number of nitrogens with one attached hydrogen (secondary N) is 3. The molecule has 0 spiro atoms. The Labute approximate surface area is 144 Å². The third-order valence-electron chi connectivity index (χ3n) is 3.98. The van der Waals surface area contributed by atoms with Crippen molar-refractivity contribution in [3.8, 4) is 0 Å². The van der Waals surface area contributed by atoms with E-state index in [0.29, 0.717) is 0 Å². The number of guanidine groups is 1. The minimum absolute atomic E-state index is 0.840. The smallest absolute Gasteiger partial charge is 0.191 e. The monoisotopic (exact) mass is 330 g/mol. The summed E-state index contributed by atoms with van der Waals surface area (Å²) in [5, 5.41) is 8.04. The van der Waals surface area contributed by atoms with Crippen LogP contribution < -0.4 is 10.6 Å². The number of H-pyrrole nitrogens is 1. The molecule has 5 heteroatoms. The van der Waals surface area contributed by atoms with Gasteiger partial charge >= 0.3 is 0 Å². The molecule has 0 amide bonds. The van der Waals surface area contributed by atoms with Crippen LogP contribution in [0.15, 0.2) is 35.5 Å². The molecule has 0 bridgehead atoms. The second kappa shape index (κ2) is 10.7. The van der Waals surface area contributed by atoms with Gasteiger partial charge in [-0.3, -0.25) is 4.99 Å². The molecule has 132 valence electrons. The number of benzene rings is 1. The Bertz CT molecular complexity index is 621. The lowest BCUT2D eigenvalue weighted by Crippen LogP contribution is -2.38. The number of fused-ring (bicyclic) bond motifs is 1. The van der Waals surface area contributed by atoms with Crippen LogP contribution in [0.4, 0.5) is 0 Å². The highest BCUT2D eigenvalue weighted by Crippen LogP contribution is 2.17. The van der Waals surface area contributed by atoms with E-state index >= 15 is 0 Å². The number of aliphatic imine (C=N–C) groups is 1. The summed E-state index contributed by atoms with van der Waals surface area (Å²) in [4.78, 5) is 7.96. The summed E-state index contributed by atoms with van der Waals surface area (Å²) in [6.07, 6.45) is 6.44. The van der Waals surface area contributed by atoms with Crippen molar-refractivity contribution in [1.29, 1.82) is 0 Å². The largest absolute Gasteiger partial charge is 0.385 e. The van der Waals surface area contributed by atoms with Gasteiger partial charge < -0.3 is 20.4 Å². The molecule has 0 aliphatic rings. The average Bonchev–Trinajstić information content (AvgIpc) is 3.01. The molecular weight excluding hydrogens is 300 g/mol. The molecule has 0 saturated carbocycles. The van der Waals surface area contributed by atoms with Crippen molar-refractivity contribution >= 4 is 16.9 Å². The van der Waals surface area contributed by atoms with E-state index in [1.165, 1.54) is 16.5 Å². The van der Waals surface area contributed by atoms with E-state index in [9.17, 15) is 0 Å². The molecule has 0 radical (unpaired) electrons. The van der Waals surface area contributed by atoms with E-state index in [-0.39, 0.29) is 0 Å². The predicted molar refractivity (Wildman–Crippen MR) is 102 cm³/mol. The highest BCUT2D eigenvalue weighted by molar-refractivity contribution is 5.83. The molecule has 24 heavy (non-hydrogen) atoms. The minimum Gasteiger partial charge on any atom is -0.385 e. The Balaban J connectivity index is 1.76. The van der Waals surface area contributed by atoms with Crippen molar-refractivity contribution in [2.24, 2.45) is 4.99 Å². The summed E-state index contributed by atoms with van der Waals surface area (Å²) in [7, 11) is 1.75. The highest BCUT2D eigenvalue weighted by atomic mass is 16.5. The summed E-state index contributed by atoms with van der Waals surface area (Å²) in [5.41, 5.74) is 2.54. The molecule has 0 unspecified atom stereocenters. The van der Waals surface area contributed by atoms with Crippen LogP contribution in [0.3, 0.4) is 0 Å². The Morgan fingerprint density at radius 1 is 1.17 bits per heavy atom. The SMILES string of the molecule is CCNC(=NCCCCCOC)NCCc1c[nH]c2ccccc12. The van der Waals surface area contributed by atoms with Gasteiger partial charge in [0.15, 0.2) is 5.96 Å². The fraction of sp³-hybridized carbons (Fsp3) is 0.526. The van der Waals surface area contributed by atoms with Gasteiger partial charge in [-0.1, -0.05) is 18.2 Å². The third kappa shape index (κ3) is 5.89. The average molecular weight is 330 g/mol. The zero-order valence-electron chi connectivity index (χ0n) is 14.9. The summed E-state index contributed by atoms with van der Waals surface area (Å²) >= 11 is 0. The molecule has 1 heterocycles. The van der Waals surface area contributed by atoms with E-state index < -0.39 is 0 Å². The van der Waals surface area contributed by atoms with Crippen molar-refractivity contribution < 1.29 is 4.74 Å². The molecular formula is C19H30N4O. The Morgan fingerprint density at radius 2 is 2.04 bits per heavy atom. The number of aromatic amines is 1. The maximum atomic E-state index is 5.06. The topological polar surface area (TPSA) is 61.4 Å². The first-order chi connectivity index (χ1) is 11.8. The number of hydrogen-bond acceptors (Lipinski definition) is 2. The van der Waals surface area contributed by atoms with Crippen molar-refractivity contribution in [3.63, 3.8) is 0 Å². The maximum Gasteiger partial charge on any atom is 0.191 e. The van der Waals surface area contributed by atoms with Gasteiger partial charge in [0.1, 0.15) is 0 Å². The number of para-hydroxylation sites is 1. The van der Waals surface area contributed by atoms with Gasteiger partial charge in [0.05, 0.1) is 0 Å². The maximum absolute atomic E-state index is 5.06. The molecule has 1 aromatic heterocycles. The molecule has 2 aromatic rings. The van der Waals surface area contributed by atoms with Gasteiger partial charge in [-0.2, -0.15) is 0 Å². The van der Waals surface area contributed by atoms with Gasteiger partial charge in [-0.25, -0.2) is 0 Å². The van der Waals surface area contributed by atoms with Gasteiger partial charge in [-0.05, 0) is 44.2 Å². The number of aromatic nitrogens is 1. The van der Waals surface area contributed by atoms with Gasteiger partial charge in [-0.15, -0.1) is 0 Å².